The summed E-state index contributed by atoms with van der Waals surface area (Å²) in [5.74, 6) is 0. The van der Waals surface area contributed by atoms with Gasteiger partial charge in [-0.1, -0.05) is 25.1 Å². The first-order valence-electron chi connectivity index (χ1n) is 8.70. The minimum atomic E-state index is 0.544. The summed E-state index contributed by atoms with van der Waals surface area (Å²) < 4.78 is 0. The number of likely N-dealkylation sites (tertiary alicyclic amines) is 2. The minimum Gasteiger partial charge on any atom is -0.308 e. The van der Waals surface area contributed by atoms with Crippen molar-refractivity contribution in [3.63, 3.8) is 0 Å². The van der Waals surface area contributed by atoms with Crippen LogP contribution >= 0.6 is 0 Å². The van der Waals surface area contributed by atoms with E-state index in [0.717, 1.165) is 18.2 Å². The molecular weight excluding hydrogens is 270 g/mol. The summed E-state index contributed by atoms with van der Waals surface area (Å²) in [7, 11) is 0. The molecular formula is C19H29N3. The molecule has 1 aromatic rings. The van der Waals surface area contributed by atoms with Crippen LogP contribution in [0.1, 0.15) is 44.2 Å². The van der Waals surface area contributed by atoms with Gasteiger partial charge in [-0.15, -0.1) is 0 Å². The summed E-state index contributed by atoms with van der Waals surface area (Å²) in [6, 6.07) is 9.15. The molecule has 0 aliphatic carbocycles. The van der Waals surface area contributed by atoms with Gasteiger partial charge in [0.05, 0.1) is 0 Å². The molecule has 2 aliphatic heterocycles. The van der Waals surface area contributed by atoms with E-state index in [2.05, 4.69) is 41.8 Å². The van der Waals surface area contributed by atoms with E-state index in [1.807, 2.05) is 6.07 Å². The van der Waals surface area contributed by atoms with Crippen LogP contribution in [-0.2, 0) is 6.54 Å². The van der Waals surface area contributed by atoms with Gasteiger partial charge in [-0.05, 0) is 61.9 Å². The first-order chi connectivity index (χ1) is 10.6. The Morgan fingerprint density at radius 1 is 1.27 bits per heavy atom. The number of benzene rings is 1. The van der Waals surface area contributed by atoms with Crippen LogP contribution in [0.4, 0.5) is 0 Å². The summed E-state index contributed by atoms with van der Waals surface area (Å²) in [5, 5.41) is 7.39. The van der Waals surface area contributed by atoms with E-state index in [9.17, 15) is 0 Å². The van der Waals surface area contributed by atoms with Gasteiger partial charge >= 0.3 is 0 Å². The van der Waals surface area contributed by atoms with Crippen LogP contribution < -0.4 is 0 Å². The van der Waals surface area contributed by atoms with E-state index in [-0.39, 0.29) is 0 Å². The predicted octanol–water partition coefficient (Wildman–Crippen LogP) is 3.38. The fraction of sp³-hybridized carbons (Fsp3) is 0.632. The second-order valence-electron chi connectivity index (χ2n) is 7.33. The molecule has 0 bridgehead atoms. The number of hydrogen-bond donors (Lipinski definition) is 1. The van der Waals surface area contributed by atoms with Gasteiger partial charge in [0.2, 0.25) is 0 Å². The van der Waals surface area contributed by atoms with Crippen LogP contribution in [0.5, 0.6) is 0 Å². The molecule has 22 heavy (non-hydrogen) atoms. The van der Waals surface area contributed by atoms with Gasteiger partial charge in [0.1, 0.15) is 0 Å². The molecule has 1 N–H and O–H groups in total. The maximum absolute atomic E-state index is 7.39. The maximum Gasteiger partial charge on any atom is 0.0250 e. The number of hydrogen-bond acceptors (Lipinski definition) is 3. The molecule has 120 valence electrons. The Morgan fingerprint density at radius 3 is 2.86 bits per heavy atom. The highest BCUT2D eigenvalue weighted by Crippen LogP contribution is 2.40. The third-order valence-electron chi connectivity index (χ3n) is 5.72. The lowest BCUT2D eigenvalue weighted by atomic mass is 9.86. The van der Waals surface area contributed by atoms with E-state index in [0.29, 0.717) is 5.41 Å². The van der Waals surface area contributed by atoms with Crippen LogP contribution in [0.3, 0.4) is 0 Å². The molecule has 0 saturated carbocycles. The van der Waals surface area contributed by atoms with Gasteiger partial charge in [0.15, 0.2) is 0 Å². The average Bonchev–Trinajstić information content (AvgIpc) is 3.14. The van der Waals surface area contributed by atoms with Crippen LogP contribution in [-0.4, -0.2) is 48.2 Å². The van der Waals surface area contributed by atoms with Gasteiger partial charge in [-0.25, -0.2) is 0 Å². The van der Waals surface area contributed by atoms with Gasteiger partial charge in [-0.2, -0.15) is 0 Å². The summed E-state index contributed by atoms with van der Waals surface area (Å²) in [5.41, 5.74) is 2.90. The highest BCUT2D eigenvalue weighted by molar-refractivity contribution is 5.77. The number of rotatable bonds is 5. The van der Waals surface area contributed by atoms with Gasteiger partial charge < -0.3 is 10.3 Å². The predicted molar refractivity (Wildman–Crippen MR) is 92.6 cm³/mol. The smallest absolute Gasteiger partial charge is 0.0250 e. The molecule has 0 amide bonds. The Bertz CT molecular complexity index is 527. The Morgan fingerprint density at radius 2 is 2.09 bits per heavy atom. The quantitative estimate of drug-likeness (QED) is 0.845. The zero-order valence-corrected chi connectivity index (χ0v) is 14.0. The third kappa shape index (κ3) is 3.26. The lowest BCUT2D eigenvalue weighted by Crippen LogP contribution is -2.34. The van der Waals surface area contributed by atoms with E-state index in [4.69, 9.17) is 5.41 Å². The molecule has 0 radical (unpaired) electrons. The van der Waals surface area contributed by atoms with Crippen LogP contribution in [0.15, 0.2) is 24.3 Å². The van der Waals surface area contributed by atoms with Crippen molar-refractivity contribution in [1.29, 1.82) is 5.41 Å². The molecule has 1 spiro atoms. The molecule has 0 aromatic heterocycles. The Hall–Kier alpha value is -1.19. The lowest BCUT2D eigenvalue weighted by molar-refractivity contribution is 0.203. The van der Waals surface area contributed by atoms with Gasteiger partial charge in [-0.3, -0.25) is 4.90 Å². The maximum atomic E-state index is 7.39. The first kappa shape index (κ1) is 15.7. The Balaban J connectivity index is 1.59. The minimum absolute atomic E-state index is 0.544. The van der Waals surface area contributed by atoms with E-state index in [1.165, 1.54) is 57.2 Å². The lowest BCUT2D eigenvalue weighted by Gasteiger charge is -2.27. The molecule has 3 nitrogen and oxygen atoms in total. The number of nitrogens with one attached hydrogen (secondary N) is 1. The van der Waals surface area contributed by atoms with Crippen molar-refractivity contribution in [2.75, 3.05) is 26.2 Å². The SMILES string of the molecule is CCC(C)N1CCC2(CCN(Cc3cccc(C=N)c3)C2)C1. The van der Waals surface area contributed by atoms with Gasteiger partial charge in [0.25, 0.3) is 0 Å². The van der Waals surface area contributed by atoms with Crippen LogP contribution in [0.25, 0.3) is 0 Å². The van der Waals surface area contributed by atoms with Crippen molar-refractivity contribution < 1.29 is 0 Å². The topological polar surface area (TPSA) is 30.3 Å². The fourth-order valence-electron chi connectivity index (χ4n) is 4.14. The van der Waals surface area contributed by atoms with Crippen molar-refractivity contribution in [3.05, 3.63) is 35.4 Å². The third-order valence-corrected chi connectivity index (χ3v) is 5.72. The summed E-state index contributed by atoms with van der Waals surface area (Å²) in [6.07, 6.45) is 5.42. The van der Waals surface area contributed by atoms with Crippen LogP contribution in [0.2, 0.25) is 0 Å². The summed E-state index contributed by atoms with van der Waals surface area (Å²) >= 11 is 0. The summed E-state index contributed by atoms with van der Waals surface area (Å²) in [6.45, 7) is 10.7. The average molecular weight is 299 g/mol. The normalized spacial score (nSPS) is 27.5. The molecule has 2 aliphatic rings. The molecule has 3 heteroatoms. The standard InChI is InChI=1S/C19H29N3/c1-3-16(2)22-10-8-19(15-22)7-9-21(14-19)13-18-6-4-5-17(11-18)12-20/h4-6,11-12,16,20H,3,7-10,13-15H2,1-2H3. The second-order valence-corrected chi connectivity index (χ2v) is 7.33. The largest absolute Gasteiger partial charge is 0.308 e. The monoisotopic (exact) mass is 299 g/mol. The first-order valence-corrected chi connectivity index (χ1v) is 8.70. The molecule has 2 saturated heterocycles. The molecule has 2 unspecified atom stereocenters. The van der Waals surface area contributed by atoms with E-state index >= 15 is 0 Å². The Labute approximate surface area is 134 Å². The molecule has 2 atom stereocenters. The molecule has 2 fully saturated rings. The second kappa shape index (κ2) is 6.51. The fourth-order valence-corrected chi connectivity index (χ4v) is 4.14. The van der Waals surface area contributed by atoms with Crippen molar-refractivity contribution >= 4 is 6.21 Å². The van der Waals surface area contributed by atoms with Crippen LogP contribution in [0, 0.1) is 10.8 Å². The van der Waals surface area contributed by atoms with Crippen molar-refractivity contribution in [2.45, 2.75) is 45.7 Å². The zero-order chi connectivity index (χ0) is 15.6. The molecule has 3 rings (SSSR count). The highest BCUT2D eigenvalue weighted by Gasteiger charge is 2.43. The Kier molecular flexibility index (Phi) is 4.65. The van der Waals surface area contributed by atoms with E-state index < -0.39 is 0 Å². The van der Waals surface area contributed by atoms with Crippen molar-refractivity contribution in [1.82, 2.24) is 9.80 Å². The van der Waals surface area contributed by atoms with Crippen molar-refractivity contribution in [2.24, 2.45) is 5.41 Å². The van der Waals surface area contributed by atoms with E-state index in [1.54, 1.807) is 0 Å². The zero-order valence-electron chi connectivity index (χ0n) is 14.0. The summed E-state index contributed by atoms with van der Waals surface area (Å²) in [4.78, 5) is 5.31. The highest BCUT2D eigenvalue weighted by atomic mass is 15.2. The molecule has 2 heterocycles. The van der Waals surface area contributed by atoms with Crippen molar-refractivity contribution in [3.8, 4) is 0 Å². The molecule has 1 aromatic carbocycles. The van der Waals surface area contributed by atoms with Gasteiger partial charge in [0, 0.05) is 31.9 Å². The number of nitrogens with zero attached hydrogens (tertiary/aromatic N) is 2.